The molecule has 4 saturated heterocycles. The molecule has 13 aromatic rings. The third-order valence-corrected chi connectivity index (χ3v) is 26.8. The maximum Gasteiger partial charge on any atom is 0.0594 e. The Labute approximate surface area is 727 Å². The fourth-order valence-electron chi connectivity index (χ4n) is 20.2. The van der Waals surface area contributed by atoms with Crippen LogP contribution in [0.15, 0.2) is 279 Å². The summed E-state index contributed by atoms with van der Waals surface area (Å²) in [6.45, 7) is 24.2. The summed E-state index contributed by atoms with van der Waals surface area (Å²) in [5.74, 6) is 0. The molecule has 0 aromatic heterocycles. The van der Waals surface area contributed by atoms with Crippen LogP contribution in [0, 0.1) is 0 Å². The number of ether oxygens (including phenoxy) is 4. The van der Waals surface area contributed by atoms with E-state index in [1.807, 2.05) is 0 Å². The van der Waals surface area contributed by atoms with Crippen LogP contribution in [0.4, 0.5) is 0 Å². The van der Waals surface area contributed by atoms with Crippen LogP contribution in [-0.4, -0.2) is 151 Å². The first-order chi connectivity index (χ1) is 60.9. The third-order valence-electron chi connectivity index (χ3n) is 26.8. The lowest BCUT2D eigenvalue weighted by Crippen LogP contribution is -2.36. The van der Waals surface area contributed by atoms with Gasteiger partial charge in [-0.05, 0) is 263 Å². The van der Waals surface area contributed by atoms with E-state index >= 15 is 0 Å². The molecule has 22 rings (SSSR count). The molecule has 0 N–H and O–H groups in total. The van der Waals surface area contributed by atoms with E-state index < -0.39 is 0 Å². The summed E-state index contributed by atoms with van der Waals surface area (Å²) in [6, 6.07) is 93.7. The number of nitrogens with zero attached hydrogens (tertiary/aromatic N) is 4. The van der Waals surface area contributed by atoms with Gasteiger partial charge in [0.1, 0.15) is 0 Å². The summed E-state index contributed by atoms with van der Waals surface area (Å²) in [5.41, 5.74) is 33.3. The number of benzene rings is 13. The quantitative estimate of drug-likeness (QED) is 0.0743. The van der Waals surface area contributed by atoms with E-state index in [9.17, 15) is 0 Å². The zero-order valence-corrected chi connectivity index (χ0v) is 71.8. The third kappa shape index (κ3) is 18.3. The number of fused-ring (bicyclic) bond motifs is 9. The highest BCUT2D eigenvalue weighted by molar-refractivity contribution is 6.15. The molecule has 0 atom stereocenters. The molecule has 0 saturated carbocycles. The molecule has 0 amide bonds. The minimum absolute atomic E-state index is 0.857. The molecular formula is C115H114N4O4. The van der Waals surface area contributed by atoms with Crippen LogP contribution < -0.4 is 0 Å². The second-order valence-electron chi connectivity index (χ2n) is 34.3. The van der Waals surface area contributed by atoms with Gasteiger partial charge >= 0.3 is 0 Å². The van der Waals surface area contributed by atoms with Crippen molar-refractivity contribution in [1.82, 2.24) is 19.6 Å². The van der Waals surface area contributed by atoms with Crippen LogP contribution >= 0.6 is 0 Å². The molecule has 5 aliphatic carbocycles. The molecule has 9 aliphatic rings. The molecule has 4 fully saturated rings. The number of rotatable bonds is 19. The SMILES string of the molecule is C1=C(CCN2CCOCC2)c2ccccc2/C1=C/c1ccc2c3c(cccc13)CC2.C1=C(CCN2CCOCC2)c2ccccc2/C1=C/c1cccc2ccc3ccccc3c12.CCCc1ccc(/C=C2\C=C(CCN3CCOCC3)c3ccccc32)c2ccccc12.CCc1ccc(/C=C2\C=C(CCN3CCOCC3)c3ccccc32)c2ccccc12. The van der Waals surface area contributed by atoms with Gasteiger partial charge in [-0.3, -0.25) is 19.6 Å². The minimum atomic E-state index is 0.857. The normalized spacial score (nSPS) is 18.3. The summed E-state index contributed by atoms with van der Waals surface area (Å²) in [7, 11) is 0. The standard InChI is InChI=1S/C30H27NO.C29H31NO.C28H27NO.C28H29NO/c1-2-11-29-22(6-1)12-13-23-7-5-8-25(30(23)29)21-26-20-24(27-9-3-4-10-28(26)27)14-15-31-16-18-32-19-17-31;1-2-7-22-12-13-23(27-9-4-3-8-26(22)27)20-25-21-24(28-10-5-6-11-29(25)28)14-15-30-16-18-31-19-17-30;1-2-6-26-24(19-23(25(26)5-1)12-13-29-14-16-30-17-15-29)18-22-11-10-21-9-8-20-4-3-7-27(22)28(20)21;1-2-21-11-12-22(26-8-4-3-7-25(21)26)19-24-20-23(27-9-5-6-10-28(24)27)13-14-29-15-17-30-18-16-29/h1-13,20-21H,14-19H2;3-6,8-13,20-21H,2,7,14-19H2,1H3;1-7,10-11,18-19H,8-9,12-17H2;3-12,19-20H,2,13-18H2,1H3/b26-21+;25-20+;24-18+;24-19+. The van der Waals surface area contributed by atoms with Gasteiger partial charge in [-0.2, -0.15) is 0 Å². The fraction of sp³-hybridized carbons (Fsp3) is 0.270. The van der Waals surface area contributed by atoms with Crippen molar-refractivity contribution in [2.45, 2.75) is 71.6 Å². The van der Waals surface area contributed by atoms with Gasteiger partial charge in [-0.25, -0.2) is 0 Å². The van der Waals surface area contributed by atoms with Gasteiger partial charge in [-0.1, -0.05) is 299 Å². The summed E-state index contributed by atoms with van der Waals surface area (Å²) >= 11 is 0. The highest BCUT2D eigenvalue weighted by Crippen LogP contribution is 2.45. The molecule has 0 spiro atoms. The maximum absolute atomic E-state index is 5.51. The lowest BCUT2D eigenvalue weighted by atomic mass is 9.95. The van der Waals surface area contributed by atoms with E-state index in [0.717, 1.165) is 170 Å². The zero-order valence-electron chi connectivity index (χ0n) is 71.8. The van der Waals surface area contributed by atoms with Crippen molar-refractivity contribution in [3.05, 3.63) is 368 Å². The van der Waals surface area contributed by atoms with Crippen molar-refractivity contribution in [3.8, 4) is 0 Å². The number of allylic oxidation sites excluding steroid dienone is 8. The number of aryl methyl sites for hydroxylation is 4. The average Bonchev–Trinajstić information content (AvgIpc) is 1.73. The van der Waals surface area contributed by atoms with Gasteiger partial charge in [0.05, 0.1) is 52.9 Å². The first-order valence-corrected chi connectivity index (χ1v) is 45.6. The topological polar surface area (TPSA) is 49.9 Å². The maximum atomic E-state index is 5.51. The molecule has 4 aliphatic heterocycles. The van der Waals surface area contributed by atoms with Gasteiger partial charge in [0, 0.05) is 78.5 Å². The Hall–Kier alpha value is -11.2. The molecular weight excluding hydrogens is 1500 g/mol. The summed E-state index contributed by atoms with van der Waals surface area (Å²) in [4.78, 5) is 10.1. The predicted molar refractivity (Wildman–Crippen MR) is 521 cm³/mol. The Balaban J connectivity index is 0.000000108. The molecule has 13 aromatic carbocycles. The second kappa shape index (κ2) is 38.7. The molecule has 618 valence electrons. The fourth-order valence-corrected chi connectivity index (χ4v) is 20.2. The summed E-state index contributed by atoms with van der Waals surface area (Å²) in [5, 5.41) is 13.6. The van der Waals surface area contributed by atoms with Gasteiger partial charge in [-0.15, -0.1) is 0 Å². The van der Waals surface area contributed by atoms with E-state index in [-0.39, 0.29) is 0 Å². The second-order valence-corrected chi connectivity index (χ2v) is 34.3. The Morgan fingerprint density at radius 1 is 0.252 bits per heavy atom. The number of morpholine rings is 4. The first-order valence-electron chi connectivity index (χ1n) is 45.6. The van der Waals surface area contributed by atoms with Gasteiger partial charge < -0.3 is 18.9 Å². The van der Waals surface area contributed by atoms with Crippen molar-refractivity contribution < 1.29 is 18.9 Å². The van der Waals surface area contributed by atoms with Gasteiger partial charge in [0.25, 0.3) is 0 Å². The largest absolute Gasteiger partial charge is 0.379 e. The van der Waals surface area contributed by atoms with Crippen LogP contribution in [0.25, 0.3) is 123 Å². The molecule has 8 nitrogen and oxygen atoms in total. The minimum Gasteiger partial charge on any atom is -0.379 e. The molecule has 0 unspecified atom stereocenters. The monoisotopic (exact) mass is 1610 g/mol. The molecule has 123 heavy (non-hydrogen) atoms. The van der Waals surface area contributed by atoms with Crippen molar-refractivity contribution in [3.63, 3.8) is 0 Å². The van der Waals surface area contributed by atoms with Gasteiger partial charge in [0.2, 0.25) is 0 Å². The highest BCUT2D eigenvalue weighted by atomic mass is 16.5. The van der Waals surface area contributed by atoms with Crippen molar-refractivity contribution in [2.24, 2.45) is 0 Å². The van der Waals surface area contributed by atoms with E-state index in [4.69, 9.17) is 18.9 Å². The number of hydrogen-bond donors (Lipinski definition) is 0. The van der Waals surface area contributed by atoms with Crippen LogP contribution in [0.5, 0.6) is 0 Å². The van der Waals surface area contributed by atoms with E-state index in [1.165, 1.54) is 207 Å². The van der Waals surface area contributed by atoms with Gasteiger partial charge in [0.15, 0.2) is 0 Å². The molecule has 8 heteroatoms. The number of hydrogen-bond acceptors (Lipinski definition) is 8. The van der Waals surface area contributed by atoms with Crippen molar-refractivity contribution in [1.29, 1.82) is 0 Å². The van der Waals surface area contributed by atoms with E-state index in [0.29, 0.717) is 0 Å². The average molecular weight is 1620 g/mol. The Morgan fingerprint density at radius 2 is 0.577 bits per heavy atom. The summed E-state index contributed by atoms with van der Waals surface area (Å²) < 4.78 is 22.0. The van der Waals surface area contributed by atoms with Crippen molar-refractivity contribution >= 4 is 123 Å². The predicted octanol–water partition coefficient (Wildman–Crippen LogP) is 24.8. The zero-order chi connectivity index (χ0) is 82.6. The van der Waals surface area contributed by atoms with Crippen molar-refractivity contribution in [2.75, 3.05) is 131 Å². The van der Waals surface area contributed by atoms with Crippen LogP contribution in [0.1, 0.15) is 135 Å². The Bertz CT molecular complexity index is 6300. The Morgan fingerprint density at radius 3 is 1.01 bits per heavy atom. The van der Waals surface area contributed by atoms with Crippen LogP contribution in [0.3, 0.4) is 0 Å². The van der Waals surface area contributed by atoms with Crippen LogP contribution in [-0.2, 0) is 44.6 Å². The molecule has 4 heterocycles. The lowest BCUT2D eigenvalue weighted by Gasteiger charge is -2.26. The molecule has 0 bridgehead atoms. The first kappa shape index (κ1) is 81.4. The van der Waals surface area contributed by atoms with E-state index in [2.05, 4.69) is 337 Å². The smallest absolute Gasteiger partial charge is 0.0594 e. The van der Waals surface area contributed by atoms with E-state index in [1.54, 1.807) is 0 Å². The Kier molecular flexibility index (Phi) is 25.6. The highest BCUT2D eigenvalue weighted by Gasteiger charge is 2.27. The van der Waals surface area contributed by atoms with Crippen LogP contribution in [0.2, 0.25) is 0 Å². The molecule has 0 radical (unpaired) electrons. The summed E-state index contributed by atoms with van der Waals surface area (Å²) in [6.07, 6.45) is 29.3. The lowest BCUT2D eigenvalue weighted by molar-refractivity contribution is 0.0389.